The molecule has 0 amide bonds. The molecule has 0 aliphatic heterocycles. The molecule has 1 aromatic carbocycles. The number of nitrogens with zero attached hydrogens (tertiary/aromatic N) is 1. The van der Waals surface area contributed by atoms with Crippen LogP contribution in [0.3, 0.4) is 0 Å². The van der Waals surface area contributed by atoms with E-state index >= 15 is 0 Å². The number of fused-ring (bicyclic) bond motifs is 1. The lowest BCUT2D eigenvalue weighted by Gasteiger charge is -2.02. The number of carbonyl (C=O) groups excluding carboxylic acids is 1. The minimum absolute atomic E-state index is 0.150. The van der Waals surface area contributed by atoms with E-state index in [1.54, 1.807) is 24.3 Å². The molecule has 0 aliphatic rings. The first-order chi connectivity index (χ1) is 6.68. The molecule has 0 spiro atoms. The maximum absolute atomic E-state index is 13.0. The van der Waals surface area contributed by atoms with Gasteiger partial charge in [0.2, 0.25) is 5.95 Å². The second-order valence-corrected chi connectivity index (χ2v) is 3.07. The zero-order valence-corrected chi connectivity index (χ0v) is 7.62. The maximum Gasteiger partial charge on any atom is 0.214 e. The molecule has 3 heteroatoms. The minimum Gasteiger partial charge on any atom is -0.294 e. The molecule has 0 atom stereocenters. The smallest absolute Gasteiger partial charge is 0.214 e. The first-order valence-corrected chi connectivity index (χ1v) is 4.25. The number of carbonyl (C=O) groups is 1. The number of hydrogen-bond acceptors (Lipinski definition) is 2. The molecule has 0 fully saturated rings. The molecule has 1 aromatic heterocycles. The number of para-hydroxylation sites is 1. The third-order valence-electron chi connectivity index (χ3n) is 2.06. The van der Waals surface area contributed by atoms with Gasteiger partial charge in [0.25, 0.3) is 0 Å². The Balaban J connectivity index is 2.87. The summed E-state index contributed by atoms with van der Waals surface area (Å²) in [6.45, 7) is 1.42. The molecule has 0 aliphatic carbocycles. The Bertz CT molecular complexity index is 508. The fourth-order valence-corrected chi connectivity index (χ4v) is 1.43. The van der Waals surface area contributed by atoms with Crippen LogP contribution in [0.15, 0.2) is 30.3 Å². The van der Waals surface area contributed by atoms with Crippen LogP contribution in [0.1, 0.15) is 17.3 Å². The summed E-state index contributed by atoms with van der Waals surface area (Å²) in [6.07, 6.45) is 0. The Morgan fingerprint density at radius 1 is 1.36 bits per heavy atom. The van der Waals surface area contributed by atoms with E-state index < -0.39 is 5.95 Å². The second-order valence-electron chi connectivity index (χ2n) is 3.07. The van der Waals surface area contributed by atoms with Crippen LogP contribution in [-0.4, -0.2) is 10.8 Å². The summed E-state index contributed by atoms with van der Waals surface area (Å²) in [5.74, 6) is -0.767. The molecule has 0 saturated carbocycles. The van der Waals surface area contributed by atoms with Gasteiger partial charge >= 0.3 is 0 Å². The standard InChI is InChI=1S/C11H8FNO/c1-7(14)9-6-11(12)13-10-5-3-2-4-8(9)10/h2-6H,1H3. The maximum atomic E-state index is 13.0. The number of halogens is 1. The van der Waals surface area contributed by atoms with Gasteiger partial charge in [-0.25, -0.2) is 4.98 Å². The number of ketones is 1. The van der Waals surface area contributed by atoms with E-state index in [4.69, 9.17) is 0 Å². The van der Waals surface area contributed by atoms with Crippen LogP contribution in [0.4, 0.5) is 4.39 Å². The highest BCUT2D eigenvalue weighted by Gasteiger charge is 2.08. The average Bonchev–Trinajstić information content (AvgIpc) is 2.16. The Hall–Kier alpha value is -1.77. The highest BCUT2D eigenvalue weighted by Crippen LogP contribution is 2.17. The van der Waals surface area contributed by atoms with Crippen molar-refractivity contribution in [2.45, 2.75) is 6.92 Å². The van der Waals surface area contributed by atoms with Gasteiger partial charge in [-0.05, 0) is 13.0 Å². The van der Waals surface area contributed by atoms with Crippen molar-refractivity contribution in [2.75, 3.05) is 0 Å². The number of Topliss-reactive ketones (excluding diaryl/α,β-unsaturated/α-hetero) is 1. The third kappa shape index (κ3) is 1.37. The lowest BCUT2D eigenvalue weighted by molar-refractivity contribution is 0.101. The van der Waals surface area contributed by atoms with Gasteiger partial charge in [-0.1, -0.05) is 18.2 Å². The Labute approximate surface area is 80.4 Å². The van der Waals surface area contributed by atoms with Gasteiger partial charge in [0.1, 0.15) is 0 Å². The molecule has 70 valence electrons. The van der Waals surface area contributed by atoms with E-state index in [1.165, 1.54) is 13.0 Å². The highest BCUT2D eigenvalue weighted by atomic mass is 19.1. The van der Waals surface area contributed by atoms with E-state index in [-0.39, 0.29) is 5.78 Å². The van der Waals surface area contributed by atoms with Gasteiger partial charge in [0, 0.05) is 17.0 Å². The summed E-state index contributed by atoms with van der Waals surface area (Å²) in [5.41, 5.74) is 0.894. The molecule has 0 saturated heterocycles. The zero-order valence-electron chi connectivity index (χ0n) is 7.62. The van der Waals surface area contributed by atoms with E-state index in [2.05, 4.69) is 4.98 Å². The number of benzene rings is 1. The molecule has 0 bridgehead atoms. The monoisotopic (exact) mass is 189 g/mol. The van der Waals surface area contributed by atoms with E-state index in [9.17, 15) is 9.18 Å². The summed E-state index contributed by atoms with van der Waals surface area (Å²) in [7, 11) is 0. The van der Waals surface area contributed by atoms with Crippen molar-refractivity contribution in [3.05, 3.63) is 41.8 Å². The largest absolute Gasteiger partial charge is 0.294 e. The quantitative estimate of drug-likeness (QED) is 0.509. The molecular weight excluding hydrogens is 181 g/mol. The van der Waals surface area contributed by atoms with Crippen molar-refractivity contribution in [1.29, 1.82) is 0 Å². The van der Waals surface area contributed by atoms with E-state index in [1.807, 2.05) is 0 Å². The fourth-order valence-electron chi connectivity index (χ4n) is 1.43. The normalized spacial score (nSPS) is 10.4. The van der Waals surface area contributed by atoms with Gasteiger partial charge in [-0.3, -0.25) is 4.79 Å². The SMILES string of the molecule is CC(=O)c1cc(F)nc2ccccc12. The van der Waals surface area contributed by atoms with Crippen LogP contribution in [0.2, 0.25) is 0 Å². The van der Waals surface area contributed by atoms with Crippen LogP contribution in [0.5, 0.6) is 0 Å². The number of rotatable bonds is 1. The van der Waals surface area contributed by atoms with Gasteiger partial charge < -0.3 is 0 Å². The van der Waals surface area contributed by atoms with Crippen molar-refractivity contribution in [2.24, 2.45) is 0 Å². The van der Waals surface area contributed by atoms with Crippen LogP contribution >= 0.6 is 0 Å². The zero-order chi connectivity index (χ0) is 10.1. The Morgan fingerprint density at radius 3 is 2.79 bits per heavy atom. The Morgan fingerprint density at radius 2 is 2.07 bits per heavy atom. The lowest BCUT2D eigenvalue weighted by Crippen LogP contribution is -1.97. The first kappa shape index (κ1) is 8.81. The van der Waals surface area contributed by atoms with E-state index in [0.717, 1.165) is 0 Å². The first-order valence-electron chi connectivity index (χ1n) is 4.25. The van der Waals surface area contributed by atoms with Gasteiger partial charge in [-0.15, -0.1) is 0 Å². The number of pyridine rings is 1. The summed E-state index contributed by atoms with van der Waals surface area (Å²) in [5, 5.41) is 0.696. The molecule has 2 nitrogen and oxygen atoms in total. The molecule has 0 radical (unpaired) electrons. The summed E-state index contributed by atoms with van der Waals surface area (Å²) >= 11 is 0. The van der Waals surface area contributed by atoms with Crippen molar-refractivity contribution >= 4 is 16.7 Å². The Kier molecular flexibility index (Phi) is 2.00. The van der Waals surface area contributed by atoms with Crippen LogP contribution in [0, 0.1) is 5.95 Å². The molecule has 2 rings (SSSR count). The molecule has 0 N–H and O–H groups in total. The molecule has 14 heavy (non-hydrogen) atoms. The highest BCUT2D eigenvalue weighted by molar-refractivity contribution is 6.05. The van der Waals surface area contributed by atoms with Gasteiger partial charge in [0.15, 0.2) is 5.78 Å². The minimum atomic E-state index is -0.617. The topological polar surface area (TPSA) is 30.0 Å². The molecule has 1 heterocycles. The van der Waals surface area contributed by atoms with Crippen molar-refractivity contribution in [1.82, 2.24) is 4.98 Å². The fraction of sp³-hybridized carbons (Fsp3) is 0.0909. The predicted octanol–water partition coefficient (Wildman–Crippen LogP) is 2.58. The van der Waals surface area contributed by atoms with Crippen molar-refractivity contribution in [3.63, 3.8) is 0 Å². The summed E-state index contributed by atoms with van der Waals surface area (Å²) in [6, 6.07) is 8.18. The van der Waals surface area contributed by atoms with Crippen molar-refractivity contribution < 1.29 is 9.18 Å². The van der Waals surface area contributed by atoms with Crippen LogP contribution in [-0.2, 0) is 0 Å². The summed E-state index contributed by atoms with van der Waals surface area (Å²) < 4.78 is 13.0. The van der Waals surface area contributed by atoms with Crippen LogP contribution in [0.25, 0.3) is 10.9 Å². The third-order valence-corrected chi connectivity index (χ3v) is 2.06. The molecule has 0 unspecified atom stereocenters. The van der Waals surface area contributed by atoms with Crippen molar-refractivity contribution in [3.8, 4) is 0 Å². The van der Waals surface area contributed by atoms with Gasteiger partial charge in [0.05, 0.1) is 5.52 Å². The average molecular weight is 189 g/mol. The summed E-state index contributed by atoms with van der Waals surface area (Å²) in [4.78, 5) is 14.9. The second kappa shape index (κ2) is 3.18. The number of aromatic nitrogens is 1. The lowest BCUT2D eigenvalue weighted by atomic mass is 10.1. The van der Waals surface area contributed by atoms with Gasteiger partial charge in [-0.2, -0.15) is 4.39 Å². The van der Waals surface area contributed by atoms with E-state index in [0.29, 0.717) is 16.5 Å². The predicted molar refractivity (Wildman–Crippen MR) is 51.7 cm³/mol. The molecular formula is C11H8FNO. The number of hydrogen-bond donors (Lipinski definition) is 0. The molecule has 2 aromatic rings. The van der Waals surface area contributed by atoms with Crippen LogP contribution < -0.4 is 0 Å².